The first-order valence-electron chi connectivity index (χ1n) is 8.03. The van der Waals surface area contributed by atoms with Gasteiger partial charge >= 0.3 is 0 Å². The van der Waals surface area contributed by atoms with Crippen molar-refractivity contribution >= 4 is 11.6 Å². The third kappa shape index (κ3) is 3.57. The topological polar surface area (TPSA) is 34.1 Å². The quantitative estimate of drug-likeness (QED) is 0.281. The van der Waals surface area contributed by atoms with Crippen molar-refractivity contribution in [1.82, 2.24) is 0 Å². The number of benzene rings is 2. The fraction of sp³-hybridized carbons (Fsp3) is 0.333. The summed E-state index contributed by atoms with van der Waals surface area (Å²) < 4.78 is 0. The molecular weight excluding hydrogens is 535 g/mol. The van der Waals surface area contributed by atoms with Gasteiger partial charge in [0.25, 0.3) is 0 Å². The van der Waals surface area contributed by atoms with Crippen LogP contribution >= 0.6 is 0 Å². The Kier molecular flexibility index (Phi) is 5.78. The maximum absolute atomic E-state index is 12.8. The maximum atomic E-state index is 12.8. The summed E-state index contributed by atoms with van der Waals surface area (Å²) in [4.78, 5) is 25.5. The van der Waals surface area contributed by atoms with Crippen LogP contribution < -0.4 is 0 Å². The molecule has 24 heavy (non-hydrogen) atoms. The zero-order chi connectivity index (χ0) is 17.0. The summed E-state index contributed by atoms with van der Waals surface area (Å²) in [5, 5.41) is 0. The second-order valence-electron chi connectivity index (χ2n) is 6.50. The van der Waals surface area contributed by atoms with Crippen molar-refractivity contribution in [3.05, 3.63) is 71.3 Å². The van der Waals surface area contributed by atoms with Gasteiger partial charge in [0.1, 0.15) is 0 Å². The first kappa shape index (κ1) is 18.8. The van der Waals surface area contributed by atoms with Crippen LogP contribution in [0.25, 0.3) is 0 Å². The van der Waals surface area contributed by atoms with Gasteiger partial charge in [-0.3, -0.25) is 9.59 Å². The van der Waals surface area contributed by atoms with E-state index < -0.39 is 5.41 Å². The van der Waals surface area contributed by atoms with Crippen LogP contribution in [0.3, 0.4) is 0 Å². The molecule has 0 spiro atoms. The molecule has 1 unspecified atom stereocenters. The predicted molar refractivity (Wildman–Crippen MR) is 92.9 cm³/mol. The van der Waals surface area contributed by atoms with E-state index in [4.69, 9.17) is 0 Å². The van der Waals surface area contributed by atoms with E-state index in [1.807, 2.05) is 24.3 Å². The average molecular weight is 558 g/mol. The van der Waals surface area contributed by atoms with E-state index in [2.05, 4.69) is 19.9 Å². The number of rotatable bonds is 6. The van der Waals surface area contributed by atoms with E-state index in [9.17, 15) is 9.59 Å². The Morgan fingerprint density at radius 2 is 1.42 bits per heavy atom. The molecule has 1 atom stereocenters. The summed E-state index contributed by atoms with van der Waals surface area (Å²) in [5.41, 5.74) is 1.25. The minimum Gasteiger partial charge on any atom is -0.295 e. The van der Waals surface area contributed by atoms with E-state index in [0.29, 0.717) is 17.0 Å². The van der Waals surface area contributed by atoms with Crippen LogP contribution in [0.1, 0.15) is 66.3 Å². The molecule has 2 nitrogen and oxygen atoms in total. The maximum Gasteiger partial charge on any atom is 0.176 e. The summed E-state index contributed by atoms with van der Waals surface area (Å²) in [7, 11) is 0. The molecule has 0 aromatic heterocycles. The van der Waals surface area contributed by atoms with E-state index in [1.54, 1.807) is 38.1 Å². The van der Waals surface area contributed by atoms with Crippen molar-refractivity contribution in [2.24, 2.45) is 5.41 Å². The molecule has 130 valence electrons. The zero-order valence-electron chi connectivity index (χ0n) is 14.5. The Morgan fingerprint density at radius 1 is 0.958 bits per heavy atom. The molecule has 0 aliphatic carbocycles. The first-order valence-corrected chi connectivity index (χ1v) is 8.03. The Bertz CT molecular complexity index is 688. The molecule has 0 N–H and O–H groups in total. The molecule has 0 radical (unpaired) electrons. The van der Waals surface area contributed by atoms with Crippen LogP contribution in [0.2, 0.25) is 0 Å². The van der Waals surface area contributed by atoms with Gasteiger partial charge in [0.05, 0.1) is 5.41 Å². The predicted octanol–water partition coefficient (Wildman–Crippen LogP) is 5.09. The molecule has 0 heterocycles. The second-order valence-corrected chi connectivity index (χ2v) is 6.50. The molecule has 0 saturated carbocycles. The van der Waals surface area contributed by atoms with Crippen LogP contribution in [0.4, 0.5) is 0 Å². The molecular formula is C21H23CfO2-. The SMILES string of the molecule is CCC(C)c1ccc(C(=O)C(C)(C)C(=O)c2cc[c-]cc2)cc1.[Cf]. The number of ketones is 2. The third-order valence-corrected chi connectivity index (χ3v) is 4.47. The van der Waals surface area contributed by atoms with Crippen molar-refractivity contribution in [3.63, 3.8) is 0 Å². The first-order chi connectivity index (χ1) is 10.9. The van der Waals surface area contributed by atoms with Gasteiger partial charge in [-0.2, -0.15) is 30.3 Å². The monoisotopic (exact) mass is 556 g/mol. The summed E-state index contributed by atoms with van der Waals surface area (Å²) in [5.74, 6) is 0.155. The fourth-order valence-electron chi connectivity index (χ4n) is 2.56. The molecule has 0 aliphatic heterocycles. The van der Waals surface area contributed by atoms with Crippen LogP contribution in [0.5, 0.6) is 0 Å². The molecule has 2 rings (SSSR count). The van der Waals surface area contributed by atoms with Crippen LogP contribution in [-0.4, -0.2) is 11.6 Å². The van der Waals surface area contributed by atoms with Gasteiger partial charge in [-0.15, -0.1) is 0 Å². The summed E-state index contributed by atoms with van der Waals surface area (Å²) >= 11 is 0. The van der Waals surface area contributed by atoms with Crippen molar-refractivity contribution in [1.29, 1.82) is 0 Å². The van der Waals surface area contributed by atoms with E-state index in [-0.39, 0.29) is 11.6 Å². The van der Waals surface area contributed by atoms with Gasteiger partial charge in [0, 0.05) is 5.56 Å². The number of carbonyl (C=O) groups is 2. The summed E-state index contributed by atoms with van der Waals surface area (Å²) in [6, 6.07) is 17.3. The average Bonchev–Trinajstić information content (AvgIpc) is 2.60. The Hall–Kier alpha value is -3.22. The number of Topliss-reactive ketones (excluding diaryl/α,β-unsaturated/α-hetero) is 2. The zero-order valence-corrected chi connectivity index (χ0v) is 17.2. The Morgan fingerprint density at radius 3 is 1.88 bits per heavy atom. The van der Waals surface area contributed by atoms with Crippen LogP contribution in [0, 0.1) is 11.5 Å². The largest absolute Gasteiger partial charge is 0.295 e. The molecule has 3 heteroatoms. The molecule has 2 aromatic carbocycles. The van der Waals surface area contributed by atoms with Gasteiger partial charge in [0.15, 0.2) is 11.6 Å². The van der Waals surface area contributed by atoms with Gasteiger partial charge in [-0.05, 0) is 31.7 Å². The number of carbonyl (C=O) groups excluding carboxylic acids is 2. The Balaban J connectivity index is 0.00000288. The molecule has 0 amide bonds. The van der Waals surface area contributed by atoms with Crippen molar-refractivity contribution in [2.45, 2.75) is 40.0 Å². The third-order valence-electron chi connectivity index (χ3n) is 4.47. The normalized spacial score (nSPS) is 12.2. The van der Waals surface area contributed by atoms with Gasteiger partial charge < -0.3 is 0 Å². The number of hydrogen-bond donors (Lipinski definition) is 0. The number of hydrogen-bond acceptors (Lipinski definition) is 2. The van der Waals surface area contributed by atoms with Crippen molar-refractivity contribution in [3.8, 4) is 0 Å². The van der Waals surface area contributed by atoms with E-state index in [0.717, 1.165) is 6.42 Å². The van der Waals surface area contributed by atoms with Crippen molar-refractivity contribution < 1.29 is 9.59 Å². The fourth-order valence-corrected chi connectivity index (χ4v) is 2.56. The molecule has 0 fully saturated rings. The molecule has 0 saturated heterocycles. The van der Waals surface area contributed by atoms with Gasteiger partial charge in [-0.1, -0.05) is 43.7 Å². The van der Waals surface area contributed by atoms with Crippen LogP contribution in [-0.2, 0) is 0 Å². The Labute approximate surface area is 138 Å². The molecule has 0 aliphatic rings. The molecule has 2 aromatic rings. The van der Waals surface area contributed by atoms with Gasteiger partial charge in [0.2, 0.25) is 0 Å². The minimum atomic E-state index is -1.08. The summed E-state index contributed by atoms with van der Waals surface area (Å²) in [6.07, 6.45) is 1.06. The van der Waals surface area contributed by atoms with Gasteiger partial charge in [-0.25, -0.2) is 0 Å². The summed E-state index contributed by atoms with van der Waals surface area (Å²) in [6.45, 7) is 7.69. The standard InChI is InChI=1S/C21H23O2.Cf/c1-5-15(2)16-11-13-18(14-12-16)20(23)21(3,4)19(22)17-9-7-6-8-10-17;/h7-15H,5H2,1-4H3;/q-1;. The second kappa shape index (κ2) is 7.36. The van der Waals surface area contributed by atoms with Crippen molar-refractivity contribution in [2.75, 3.05) is 0 Å². The minimum absolute atomic E-state index is 0. The molecule has 0 bridgehead atoms. The smallest absolute Gasteiger partial charge is 0.176 e. The van der Waals surface area contributed by atoms with E-state index in [1.165, 1.54) is 5.56 Å². The van der Waals surface area contributed by atoms with E-state index >= 15 is 0 Å². The van der Waals surface area contributed by atoms with Crippen LogP contribution in [0.15, 0.2) is 48.5 Å².